The third kappa shape index (κ3) is 5.27. The minimum atomic E-state index is -3.95. The van der Waals surface area contributed by atoms with Gasteiger partial charge in [-0.05, 0) is 53.9 Å². The highest BCUT2D eigenvalue weighted by Crippen LogP contribution is 2.29. The van der Waals surface area contributed by atoms with Crippen molar-refractivity contribution in [2.75, 3.05) is 24.3 Å². The molecular weight excluding hydrogens is 412 g/mol. The Labute approximate surface area is 173 Å². The van der Waals surface area contributed by atoms with Gasteiger partial charge >= 0.3 is 0 Å². The average Bonchev–Trinajstić information content (AvgIpc) is 3.21. The first-order chi connectivity index (χ1) is 13.9. The van der Waals surface area contributed by atoms with E-state index in [0.29, 0.717) is 17.1 Å². The van der Waals surface area contributed by atoms with E-state index in [2.05, 4.69) is 10.0 Å². The van der Waals surface area contributed by atoms with Crippen LogP contribution in [-0.2, 0) is 21.2 Å². The van der Waals surface area contributed by atoms with E-state index in [1.165, 1.54) is 37.7 Å². The number of hydrogen-bond donors (Lipinski definition) is 2. The highest BCUT2D eigenvalue weighted by molar-refractivity contribution is 7.92. The van der Waals surface area contributed by atoms with Crippen molar-refractivity contribution in [3.05, 3.63) is 64.9 Å². The maximum Gasteiger partial charge on any atom is 0.265 e. The standard InChI is InChI=1S/C20H20N2O5S2/c1-26-16-8-5-14(6-9-16)22-29(24,25)19-12-15(7-10-18(19)27-2)21-20(23)13-17-4-3-11-28-17/h3-12,22H,13H2,1-2H3,(H,21,23). The smallest absolute Gasteiger partial charge is 0.265 e. The number of benzene rings is 2. The molecule has 29 heavy (non-hydrogen) atoms. The fourth-order valence-electron chi connectivity index (χ4n) is 2.61. The predicted molar refractivity (Wildman–Crippen MR) is 113 cm³/mol. The van der Waals surface area contributed by atoms with Gasteiger partial charge in [-0.15, -0.1) is 11.3 Å². The van der Waals surface area contributed by atoms with E-state index < -0.39 is 10.0 Å². The second kappa shape index (κ2) is 8.97. The molecule has 0 fully saturated rings. The van der Waals surface area contributed by atoms with Gasteiger partial charge in [-0.25, -0.2) is 8.42 Å². The van der Waals surface area contributed by atoms with Crippen molar-refractivity contribution < 1.29 is 22.7 Å². The van der Waals surface area contributed by atoms with Crippen molar-refractivity contribution in [1.82, 2.24) is 0 Å². The Bertz CT molecular complexity index is 1080. The minimum absolute atomic E-state index is 0.0789. The molecule has 7 nitrogen and oxygen atoms in total. The number of sulfonamides is 1. The topological polar surface area (TPSA) is 93.7 Å². The fraction of sp³-hybridized carbons (Fsp3) is 0.150. The quantitative estimate of drug-likeness (QED) is 0.565. The highest BCUT2D eigenvalue weighted by Gasteiger charge is 2.21. The Morgan fingerprint density at radius 1 is 1.00 bits per heavy atom. The van der Waals surface area contributed by atoms with E-state index >= 15 is 0 Å². The molecule has 2 aromatic carbocycles. The van der Waals surface area contributed by atoms with E-state index in [4.69, 9.17) is 9.47 Å². The van der Waals surface area contributed by atoms with Crippen molar-refractivity contribution in [1.29, 1.82) is 0 Å². The summed E-state index contributed by atoms with van der Waals surface area (Å²) < 4.78 is 38.6. The van der Waals surface area contributed by atoms with Gasteiger partial charge in [0.15, 0.2) is 0 Å². The van der Waals surface area contributed by atoms with Crippen LogP contribution in [0.5, 0.6) is 11.5 Å². The molecule has 0 spiro atoms. The predicted octanol–water partition coefficient (Wildman–Crippen LogP) is 3.75. The van der Waals surface area contributed by atoms with Crippen LogP contribution in [0.4, 0.5) is 11.4 Å². The number of carbonyl (C=O) groups is 1. The van der Waals surface area contributed by atoms with E-state index in [1.807, 2.05) is 17.5 Å². The Morgan fingerprint density at radius 2 is 1.72 bits per heavy atom. The van der Waals surface area contributed by atoms with Crippen LogP contribution in [0.1, 0.15) is 4.88 Å². The number of hydrogen-bond acceptors (Lipinski definition) is 6. The number of carbonyl (C=O) groups excluding carboxylic acids is 1. The van der Waals surface area contributed by atoms with Gasteiger partial charge in [-0.1, -0.05) is 6.07 Å². The molecule has 1 amide bonds. The molecule has 0 aliphatic carbocycles. The Kier molecular flexibility index (Phi) is 6.40. The molecule has 0 saturated carbocycles. The number of rotatable bonds is 8. The van der Waals surface area contributed by atoms with Crippen molar-refractivity contribution in [3.63, 3.8) is 0 Å². The fourth-order valence-corrected chi connectivity index (χ4v) is 4.57. The van der Waals surface area contributed by atoms with E-state index in [9.17, 15) is 13.2 Å². The van der Waals surface area contributed by atoms with E-state index in [0.717, 1.165) is 4.88 Å². The van der Waals surface area contributed by atoms with Crippen LogP contribution in [0.15, 0.2) is 64.9 Å². The summed E-state index contributed by atoms with van der Waals surface area (Å²) in [6, 6.07) is 14.7. The number of amides is 1. The van der Waals surface area contributed by atoms with Crippen LogP contribution in [0.2, 0.25) is 0 Å². The summed E-state index contributed by atoms with van der Waals surface area (Å²) in [5, 5.41) is 4.62. The summed E-state index contributed by atoms with van der Waals surface area (Å²) in [5.41, 5.74) is 0.738. The van der Waals surface area contributed by atoms with Crippen molar-refractivity contribution in [3.8, 4) is 11.5 Å². The summed E-state index contributed by atoms with van der Waals surface area (Å²) in [7, 11) is -1.03. The molecule has 0 unspecified atom stereocenters. The lowest BCUT2D eigenvalue weighted by atomic mass is 10.2. The van der Waals surface area contributed by atoms with Crippen LogP contribution >= 0.6 is 11.3 Å². The molecule has 0 atom stereocenters. The molecule has 1 aromatic heterocycles. The lowest BCUT2D eigenvalue weighted by molar-refractivity contribution is -0.115. The second-order valence-corrected chi connectivity index (χ2v) is 8.69. The van der Waals surface area contributed by atoms with Gasteiger partial charge in [0, 0.05) is 16.3 Å². The molecule has 152 valence electrons. The first kappa shape index (κ1) is 20.7. The maximum absolute atomic E-state index is 12.9. The van der Waals surface area contributed by atoms with Crippen LogP contribution in [-0.4, -0.2) is 28.5 Å². The number of methoxy groups -OCH3 is 2. The van der Waals surface area contributed by atoms with Gasteiger partial charge in [-0.2, -0.15) is 0 Å². The van der Waals surface area contributed by atoms with Crippen LogP contribution in [0, 0.1) is 0 Å². The molecule has 3 rings (SSSR count). The molecule has 9 heteroatoms. The van der Waals surface area contributed by atoms with Crippen LogP contribution < -0.4 is 19.5 Å². The Hall–Kier alpha value is -3.04. The van der Waals surface area contributed by atoms with Crippen molar-refractivity contribution in [2.24, 2.45) is 0 Å². The third-order valence-corrected chi connectivity index (χ3v) is 6.27. The highest BCUT2D eigenvalue weighted by atomic mass is 32.2. The van der Waals surface area contributed by atoms with Gasteiger partial charge in [0.05, 0.1) is 20.6 Å². The molecule has 0 aliphatic heterocycles. The molecule has 0 saturated heterocycles. The largest absolute Gasteiger partial charge is 0.497 e. The van der Waals surface area contributed by atoms with E-state index in [-0.39, 0.29) is 23.0 Å². The number of thiophene rings is 1. The average molecular weight is 433 g/mol. The van der Waals surface area contributed by atoms with Gasteiger partial charge < -0.3 is 14.8 Å². The third-order valence-electron chi connectivity index (χ3n) is 3.99. The minimum Gasteiger partial charge on any atom is -0.497 e. The molecule has 1 heterocycles. The molecular formula is C20H20N2O5S2. The van der Waals surface area contributed by atoms with Crippen LogP contribution in [0.25, 0.3) is 0 Å². The van der Waals surface area contributed by atoms with Gasteiger partial charge in [-0.3, -0.25) is 9.52 Å². The summed E-state index contributed by atoms with van der Waals surface area (Å²) in [6.07, 6.45) is 0.218. The molecule has 2 N–H and O–H groups in total. The summed E-state index contributed by atoms with van der Waals surface area (Å²) in [5.74, 6) is 0.548. The molecule has 0 aliphatic rings. The SMILES string of the molecule is COc1ccc(NS(=O)(=O)c2cc(NC(=O)Cc3cccs3)ccc2OC)cc1. The van der Waals surface area contributed by atoms with Gasteiger partial charge in [0.1, 0.15) is 16.4 Å². The monoisotopic (exact) mass is 432 g/mol. The van der Waals surface area contributed by atoms with E-state index in [1.54, 1.807) is 30.3 Å². The number of anilines is 2. The van der Waals surface area contributed by atoms with Crippen molar-refractivity contribution >= 4 is 38.6 Å². The molecule has 0 radical (unpaired) electrons. The first-order valence-electron chi connectivity index (χ1n) is 8.58. The molecule has 0 bridgehead atoms. The summed E-state index contributed by atoms with van der Waals surface area (Å²) >= 11 is 1.48. The zero-order valence-corrected chi connectivity index (χ0v) is 17.5. The van der Waals surface area contributed by atoms with Crippen LogP contribution in [0.3, 0.4) is 0 Å². The first-order valence-corrected chi connectivity index (χ1v) is 10.9. The number of ether oxygens (including phenoxy) is 2. The zero-order valence-electron chi connectivity index (χ0n) is 15.8. The molecule has 3 aromatic rings. The second-order valence-electron chi connectivity index (χ2n) is 6.00. The Morgan fingerprint density at radius 3 is 2.34 bits per heavy atom. The lowest BCUT2D eigenvalue weighted by Crippen LogP contribution is -2.16. The zero-order chi connectivity index (χ0) is 20.9. The summed E-state index contributed by atoms with van der Waals surface area (Å²) in [4.78, 5) is 13.1. The number of nitrogens with one attached hydrogen (secondary N) is 2. The summed E-state index contributed by atoms with van der Waals surface area (Å²) in [6.45, 7) is 0. The Balaban J connectivity index is 1.82. The normalized spacial score (nSPS) is 11.0. The van der Waals surface area contributed by atoms with Gasteiger partial charge in [0.25, 0.3) is 10.0 Å². The maximum atomic E-state index is 12.9. The van der Waals surface area contributed by atoms with Gasteiger partial charge in [0.2, 0.25) is 5.91 Å². The lowest BCUT2D eigenvalue weighted by Gasteiger charge is -2.14. The van der Waals surface area contributed by atoms with Crippen molar-refractivity contribution in [2.45, 2.75) is 11.3 Å².